The maximum absolute atomic E-state index is 3.69. The highest BCUT2D eigenvalue weighted by Gasteiger charge is 2.32. The number of para-hydroxylation sites is 4. The summed E-state index contributed by atoms with van der Waals surface area (Å²) in [7, 11) is 0. The minimum absolute atomic E-state index is 0.0164. The average Bonchev–Trinajstić information content (AvgIpc) is 3.19. The van der Waals surface area contributed by atoms with Crippen molar-refractivity contribution in [3.8, 4) is 28.1 Å². The van der Waals surface area contributed by atoms with Crippen LogP contribution in [0, 0.1) is 0 Å². The largest absolute Gasteiger partial charge is 0.365 e. The Balaban J connectivity index is 1.64. The predicted molar refractivity (Wildman–Crippen MR) is 146 cm³/mol. The highest BCUT2D eigenvalue weighted by molar-refractivity contribution is 6.11. The van der Waals surface area contributed by atoms with E-state index in [1.165, 1.54) is 50.3 Å². The van der Waals surface area contributed by atoms with Crippen molar-refractivity contribution in [3.63, 3.8) is 0 Å². The lowest BCUT2D eigenvalue weighted by Gasteiger charge is -2.35. The van der Waals surface area contributed by atoms with Gasteiger partial charge in [0.15, 0.2) is 0 Å². The Morgan fingerprint density at radius 2 is 1.34 bits per heavy atom. The molecule has 3 heteroatoms. The minimum atomic E-state index is 0.0164. The number of rotatable bonds is 2. The van der Waals surface area contributed by atoms with Crippen LogP contribution < -0.4 is 10.2 Å². The molecule has 1 N–H and O–H groups in total. The van der Waals surface area contributed by atoms with Crippen molar-refractivity contribution in [2.24, 2.45) is 0 Å². The number of benzene rings is 4. The molecular weight excluding hydrogens is 426 g/mol. The molecule has 7 rings (SSSR count). The van der Waals surface area contributed by atoms with E-state index in [9.17, 15) is 0 Å². The summed E-state index contributed by atoms with van der Waals surface area (Å²) in [6.45, 7) is 2.12. The van der Waals surface area contributed by atoms with Crippen LogP contribution in [0.1, 0.15) is 6.92 Å². The van der Waals surface area contributed by atoms with E-state index >= 15 is 0 Å². The summed E-state index contributed by atoms with van der Waals surface area (Å²) in [6.07, 6.45) is 6.53. The molecule has 0 saturated carbocycles. The zero-order valence-corrected chi connectivity index (χ0v) is 19.5. The van der Waals surface area contributed by atoms with Crippen molar-refractivity contribution < 1.29 is 0 Å². The van der Waals surface area contributed by atoms with E-state index in [0.717, 1.165) is 5.70 Å². The number of hydrogen-bond acceptors (Lipinski definition) is 2. The fourth-order valence-electron chi connectivity index (χ4n) is 5.61. The summed E-state index contributed by atoms with van der Waals surface area (Å²) >= 11 is 0. The van der Waals surface area contributed by atoms with Crippen LogP contribution in [0.5, 0.6) is 0 Å². The van der Waals surface area contributed by atoms with E-state index in [-0.39, 0.29) is 6.17 Å². The minimum Gasteiger partial charge on any atom is -0.365 e. The molecule has 2 aliphatic rings. The second-order valence-electron chi connectivity index (χ2n) is 9.14. The van der Waals surface area contributed by atoms with Crippen molar-refractivity contribution in [1.29, 1.82) is 0 Å². The van der Waals surface area contributed by atoms with Crippen LogP contribution in [0.4, 0.5) is 11.4 Å². The van der Waals surface area contributed by atoms with Crippen LogP contribution in [0.2, 0.25) is 0 Å². The smallest absolute Gasteiger partial charge is 0.123 e. The second kappa shape index (κ2) is 7.78. The third-order valence-electron chi connectivity index (χ3n) is 7.03. The Labute approximate surface area is 205 Å². The van der Waals surface area contributed by atoms with Gasteiger partial charge in [0, 0.05) is 33.5 Å². The number of fused-ring (bicyclic) bond motifs is 7. The number of hydrogen-bond donors (Lipinski definition) is 1. The average molecular weight is 452 g/mol. The fraction of sp³-hybridized carbons (Fsp3) is 0.0625. The highest BCUT2D eigenvalue weighted by atomic mass is 15.3. The van der Waals surface area contributed by atoms with Gasteiger partial charge < -0.3 is 14.8 Å². The zero-order chi connectivity index (χ0) is 23.4. The van der Waals surface area contributed by atoms with Gasteiger partial charge in [-0.3, -0.25) is 0 Å². The standard InChI is InChI=1S/C32H25N3/c1-22-12-11-21-30(33-22)35-28-19-9-6-16-25(28)31-24-15-5-8-18-27(24)34(23-13-3-2-4-14-23)32(31)26-17-7-10-20-29(26)35/h2-21,30,33H,1H3. The molecule has 168 valence electrons. The molecule has 3 nitrogen and oxygen atoms in total. The monoisotopic (exact) mass is 451 g/mol. The maximum Gasteiger partial charge on any atom is 0.123 e. The summed E-state index contributed by atoms with van der Waals surface area (Å²) in [5.74, 6) is 0. The molecule has 35 heavy (non-hydrogen) atoms. The Morgan fingerprint density at radius 1 is 0.686 bits per heavy atom. The van der Waals surface area contributed by atoms with Crippen molar-refractivity contribution in [1.82, 2.24) is 9.88 Å². The van der Waals surface area contributed by atoms with Gasteiger partial charge in [-0.1, -0.05) is 78.9 Å². The van der Waals surface area contributed by atoms with Crippen molar-refractivity contribution in [2.75, 3.05) is 4.90 Å². The fourth-order valence-corrected chi connectivity index (χ4v) is 5.61. The van der Waals surface area contributed by atoms with E-state index in [0.29, 0.717) is 0 Å². The second-order valence-corrected chi connectivity index (χ2v) is 9.14. The lowest BCUT2D eigenvalue weighted by Crippen LogP contribution is -2.42. The molecule has 3 heterocycles. The molecule has 0 aliphatic carbocycles. The number of dihydropyridines is 1. The first-order valence-corrected chi connectivity index (χ1v) is 12.1. The first kappa shape index (κ1) is 19.9. The molecule has 0 saturated heterocycles. The number of nitrogens with one attached hydrogen (secondary N) is 1. The van der Waals surface area contributed by atoms with Gasteiger partial charge in [-0.15, -0.1) is 0 Å². The SMILES string of the molecule is CC1=CC=CC(N2c3ccccc3-c3c(n(-c4ccccc4)c4ccccc34)-c3ccccc32)N1. The molecule has 4 aromatic carbocycles. The molecule has 1 unspecified atom stereocenters. The molecule has 0 spiro atoms. The summed E-state index contributed by atoms with van der Waals surface area (Å²) in [5, 5.41) is 4.95. The lowest BCUT2D eigenvalue weighted by atomic mass is 9.98. The van der Waals surface area contributed by atoms with Gasteiger partial charge >= 0.3 is 0 Å². The first-order valence-electron chi connectivity index (χ1n) is 12.1. The number of nitrogens with zero attached hydrogens (tertiary/aromatic N) is 2. The molecule has 0 radical (unpaired) electrons. The van der Waals surface area contributed by atoms with Gasteiger partial charge in [0.1, 0.15) is 6.17 Å². The molecule has 1 atom stereocenters. The first-order chi connectivity index (χ1) is 17.3. The van der Waals surface area contributed by atoms with Crippen LogP contribution in [0.25, 0.3) is 39.0 Å². The molecule has 0 fully saturated rings. The van der Waals surface area contributed by atoms with Crippen molar-refractivity contribution in [3.05, 3.63) is 127 Å². The van der Waals surface area contributed by atoms with E-state index in [2.05, 4.69) is 143 Å². The number of anilines is 2. The van der Waals surface area contributed by atoms with E-state index in [4.69, 9.17) is 0 Å². The van der Waals surface area contributed by atoms with Crippen LogP contribution in [-0.2, 0) is 0 Å². The Hall–Kier alpha value is -4.50. The summed E-state index contributed by atoms with van der Waals surface area (Å²) in [5.41, 5.74) is 10.9. The van der Waals surface area contributed by atoms with Gasteiger partial charge in [-0.05, 0) is 49.4 Å². The zero-order valence-electron chi connectivity index (χ0n) is 19.5. The molecular formula is C32H25N3. The van der Waals surface area contributed by atoms with Crippen LogP contribution >= 0.6 is 0 Å². The quantitative estimate of drug-likeness (QED) is 0.295. The van der Waals surface area contributed by atoms with Crippen LogP contribution in [-0.4, -0.2) is 10.7 Å². The topological polar surface area (TPSA) is 20.2 Å². The number of aromatic nitrogens is 1. The van der Waals surface area contributed by atoms with E-state index in [1.54, 1.807) is 0 Å². The Kier molecular flexibility index (Phi) is 4.43. The third-order valence-corrected chi connectivity index (χ3v) is 7.03. The van der Waals surface area contributed by atoms with Crippen LogP contribution in [0.3, 0.4) is 0 Å². The normalized spacial score (nSPS) is 16.1. The molecule has 1 aromatic heterocycles. The van der Waals surface area contributed by atoms with Gasteiger partial charge in [0.05, 0.1) is 22.6 Å². The molecule has 0 bridgehead atoms. The highest BCUT2D eigenvalue weighted by Crippen LogP contribution is 2.52. The summed E-state index contributed by atoms with van der Waals surface area (Å²) in [4.78, 5) is 2.45. The molecule has 5 aromatic rings. The van der Waals surface area contributed by atoms with Gasteiger partial charge in [-0.2, -0.15) is 0 Å². The van der Waals surface area contributed by atoms with Gasteiger partial charge in [0.2, 0.25) is 0 Å². The molecule has 0 amide bonds. The van der Waals surface area contributed by atoms with Gasteiger partial charge in [-0.25, -0.2) is 0 Å². The lowest BCUT2D eigenvalue weighted by molar-refractivity contribution is 0.669. The summed E-state index contributed by atoms with van der Waals surface area (Å²) in [6, 6.07) is 37.1. The Morgan fingerprint density at radius 3 is 2.14 bits per heavy atom. The molecule has 2 aliphatic heterocycles. The predicted octanol–water partition coefficient (Wildman–Crippen LogP) is 7.81. The van der Waals surface area contributed by atoms with Crippen molar-refractivity contribution >= 4 is 22.3 Å². The third kappa shape index (κ3) is 2.98. The maximum atomic E-state index is 3.69. The van der Waals surface area contributed by atoms with Crippen molar-refractivity contribution in [2.45, 2.75) is 13.1 Å². The van der Waals surface area contributed by atoms with E-state index < -0.39 is 0 Å². The Bertz CT molecular complexity index is 1640. The van der Waals surface area contributed by atoms with E-state index in [1.807, 2.05) is 0 Å². The van der Waals surface area contributed by atoms with Gasteiger partial charge in [0.25, 0.3) is 0 Å². The van der Waals surface area contributed by atoms with Crippen LogP contribution in [0.15, 0.2) is 127 Å². The number of allylic oxidation sites excluding steroid dienone is 3. The summed E-state index contributed by atoms with van der Waals surface area (Å²) < 4.78 is 2.43.